The fourth-order valence-corrected chi connectivity index (χ4v) is 6.03. The van der Waals surface area contributed by atoms with Gasteiger partial charge in [0.25, 0.3) is 0 Å². The zero-order chi connectivity index (χ0) is 23.2. The van der Waals surface area contributed by atoms with Gasteiger partial charge in [0.05, 0.1) is 17.9 Å². The number of nitrogens with zero attached hydrogens (tertiary/aromatic N) is 4. The maximum atomic E-state index is 12.8. The van der Waals surface area contributed by atoms with Gasteiger partial charge in [0, 0.05) is 29.4 Å². The number of nitrogens with one attached hydrogen (secondary N) is 1. The van der Waals surface area contributed by atoms with Crippen molar-refractivity contribution in [2.24, 2.45) is 0 Å². The second-order valence-corrected chi connectivity index (χ2v) is 9.66. The Morgan fingerprint density at radius 1 is 1.15 bits per heavy atom. The van der Waals surface area contributed by atoms with Crippen LogP contribution in [0.15, 0.2) is 29.7 Å². The number of anilines is 1. The zero-order valence-corrected chi connectivity index (χ0v) is 20.4. The summed E-state index contributed by atoms with van der Waals surface area (Å²) in [4.78, 5) is 30.8. The van der Waals surface area contributed by atoms with Crippen LogP contribution < -0.4 is 5.32 Å². The van der Waals surface area contributed by atoms with Gasteiger partial charge >= 0.3 is 5.97 Å². The molecule has 0 aliphatic heterocycles. The highest BCUT2D eigenvalue weighted by molar-refractivity contribution is 7.99. The van der Waals surface area contributed by atoms with Gasteiger partial charge in [-0.15, -0.1) is 21.5 Å². The molecule has 4 rings (SSSR count). The van der Waals surface area contributed by atoms with E-state index in [2.05, 4.69) is 20.5 Å². The fraction of sp³-hybridized carbons (Fsp3) is 0.435. The third kappa shape index (κ3) is 5.27. The number of esters is 1. The lowest BCUT2D eigenvalue weighted by atomic mass is 10.1. The van der Waals surface area contributed by atoms with Crippen molar-refractivity contribution in [2.45, 2.75) is 57.7 Å². The van der Waals surface area contributed by atoms with Gasteiger partial charge in [-0.2, -0.15) is 0 Å². The molecular formula is C23H27N5O3S2. The predicted octanol–water partition coefficient (Wildman–Crippen LogP) is 4.60. The minimum Gasteiger partial charge on any atom is -0.462 e. The molecule has 1 amide bonds. The van der Waals surface area contributed by atoms with Crippen LogP contribution in [0.1, 0.15) is 53.9 Å². The van der Waals surface area contributed by atoms with E-state index in [0.717, 1.165) is 49.1 Å². The van der Waals surface area contributed by atoms with Gasteiger partial charge in [-0.25, -0.2) is 4.79 Å². The number of pyridine rings is 1. The number of thiophene rings is 1. The number of carbonyl (C=O) groups excluding carboxylic acids is 2. The number of aryl methyl sites for hydroxylation is 1. The Morgan fingerprint density at radius 2 is 1.94 bits per heavy atom. The molecule has 0 aromatic carbocycles. The third-order valence-electron chi connectivity index (χ3n) is 5.46. The minimum atomic E-state index is -0.354. The summed E-state index contributed by atoms with van der Waals surface area (Å²) in [6, 6.07) is 3.77. The van der Waals surface area contributed by atoms with Gasteiger partial charge in [0.2, 0.25) is 5.91 Å². The number of hydrogen-bond donors (Lipinski definition) is 1. The predicted molar refractivity (Wildman–Crippen MR) is 130 cm³/mol. The summed E-state index contributed by atoms with van der Waals surface area (Å²) in [6.45, 7) is 4.79. The molecule has 0 bridgehead atoms. The van der Waals surface area contributed by atoms with Gasteiger partial charge in [0.15, 0.2) is 11.0 Å². The molecule has 0 atom stereocenters. The molecule has 8 nitrogen and oxygen atoms in total. The number of aromatic nitrogens is 4. The number of thioether (sulfide) groups is 1. The Hall–Kier alpha value is -2.72. The SMILES string of the molecule is CCOC(=O)c1c(NC(=O)CSc2nnc(-c3ccncc3)n2CC)sc2c1CCCCC2. The summed E-state index contributed by atoms with van der Waals surface area (Å²) in [5.74, 6) is 0.374. The Morgan fingerprint density at radius 3 is 2.70 bits per heavy atom. The molecule has 3 aromatic rings. The average molecular weight is 486 g/mol. The van der Waals surface area contributed by atoms with E-state index in [1.54, 1.807) is 19.3 Å². The molecule has 0 saturated carbocycles. The van der Waals surface area contributed by atoms with E-state index in [4.69, 9.17) is 4.74 Å². The van der Waals surface area contributed by atoms with Crippen LogP contribution in [0, 0.1) is 0 Å². The molecule has 0 radical (unpaired) electrons. The van der Waals surface area contributed by atoms with Gasteiger partial charge < -0.3 is 14.6 Å². The number of carbonyl (C=O) groups is 2. The molecule has 1 aliphatic carbocycles. The van der Waals surface area contributed by atoms with Crippen molar-refractivity contribution < 1.29 is 14.3 Å². The first-order chi connectivity index (χ1) is 16.1. The monoisotopic (exact) mass is 485 g/mol. The highest BCUT2D eigenvalue weighted by atomic mass is 32.2. The van der Waals surface area contributed by atoms with Gasteiger partial charge in [-0.05, 0) is 57.2 Å². The number of ether oxygens (including phenoxy) is 1. The van der Waals surface area contributed by atoms with Crippen LogP contribution in [0.4, 0.5) is 5.00 Å². The number of amides is 1. The van der Waals surface area contributed by atoms with Crippen LogP contribution in [0.3, 0.4) is 0 Å². The van der Waals surface area contributed by atoms with E-state index in [1.165, 1.54) is 28.0 Å². The average Bonchev–Trinajstić information content (AvgIpc) is 3.31. The Bertz CT molecular complexity index is 1130. The van der Waals surface area contributed by atoms with Crippen LogP contribution in [0.2, 0.25) is 0 Å². The normalized spacial score (nSPS) is 13.3. The highest BCUT2D eigenvalue weighted by Crippen LogP contribution is 2.38. The number of hydrogen-bond acceptors (Lipinski definition) is 8. The van der Waals surface area contributed by atoms with E-state index in [0.29, 0.717) is 28.9 Å². The number of fused-ring (bicyclic) bond motifs is 1. The molecule has 0 saturated heterocycles. The zero-order valence-electron chi connectivity index (χ0n) is 18.8. The molecule has 1 aliphatic rings. The van der Waals surface area contributed by atoms with Gasteiger partial charge in [-0.3, -0.25) is 9.78 Å². The van der Waals surface area contributed by atoms with Crippen LogP contribution in [-0.2, 0) is 28.9 Å². The fourth-order valence-electron chi connectivity index (χ4n) is 3.94. The van der Waals surface area contributed by atoms with E-state index >= 15 is 0 Å². The first-order valence-electron chi connectivity index (χ1n) is 11.2. The Kier molecular flexibility index (Phi) is 7.77. The number of rotatable bonds is 8. The van der Waals surface area contributed by atoms with E-state index in [1.807, 2.05) is 23.6 Å². The molecule has 33 heavy (non-hydrogen) atoms. The molecule has 0 spiro atoms. The van der Waals surface area contributed by atoms with Crippen molar-refractivity contribution in [1.82, 2.24) is 19.7 Å². The second-order valence-electron chi connectivity index (χ2n) is 7.61. The summed E-state index contributed by atoms with van der Waals surface area (Å²) in [7, 11) is 0. The summed E-state index contributed by atoms with van der Waals surface area (Å²) in [5.41, 5.74) is 2.51. The van der Waals surface area contributed by atoms with Crippen LogP contribution in [0.25, 0.3) is 11.4 Å². The molecule has 0 fully saturated rings. The van der Waals surface area contributed by atoms with Crippen LogP contribution in [-0.4, -0.2) is 44.0 Å². The van der Waals surface area contributed by atoms with Crippen molar-refractivity contribution >= 4 is 40.0 Å². The Labute approximate surface area is 201 Å². The molecule has 0 unspecified atom stereocenters. The smallest absolute Gasteiger partial charge is 0.341 e. The molecule has 3 aromatic heterocycles. The van der Waals surface area contributed by atoms with E-state index in [-0.39, 0.29) is 17.6 Å². The lowest BCUT2D eigenvalue weighted by Crippen LogP contribution is -2.17. The maximum absolute atomic E-state index is 12.8. The van der Waals surface area contributed by atoms with Crippen molar-refractivity contribution in [3.8, 4) is 11.4 Å². The van der Waals surface area contributed by atoms with E-state index in [9.17, 15) is 9.59 Å². The molecule has 10 heteroatoms. The van der Waals surface area contributed by atoms with Gasteiger partial charge in [0.1, 0.15) is 5.00 Å². The molecule has 174 valence electrons. The summed E-state index contributed by atoms with van der Waals surface area (Å²) < 4.78 is 7.28. The molecular weight excluding hydrogens is 458 g/mol. The van der Waals surface area contributed by atoms with Crippen molar-refractivity contribution in [3.05, 3.63) is 40.5 Å². The summed E-state index contributed by atoms with van der Waals surface area (Å²) in [5, 5.41) is 12.8. The first kappa shape index (κ1) is 23.4. The second kappa shape index (κ2) is 10.9. The topological polar surface area (TPSA) is 99.0 Å². The summed E-state index contributed by atoms with van der Waals surface area (Å²) >= 11 is 2.83. The molecule has 1 N–H and O–H groups in total. The quantitative estimate of drug-likeness (QED) is 0.283. The summed E-state index contributed by atoms with van der Waals surface area (Å²) in [6.07, 6.45) is 8.53. The van der Waals surface area contributed by atoms with E-state index < -0.39 is 0 Å². The largest absolute Gasteiger partial charge is 0.462 e. The molecule has 3 heterocycles. The maximum Gasteiger partial charge on any atom is 0.341 e. The lowest BCUT2D eigenvalue weighted by molar-refractivity contribution is -0.113. The highest BCUT2D eigenvalue weighted by Gasteiger charge is 2.26. The lowest BCUT2D eigenvalue weighted by Gasteiger charge is -2.09. The minimum absolute atomic E-state index is 0.166. The third-order valence-corrected chi connectivity index (χ3v) is 7.63. The first-order valence-corrected chi connectivity index (χ1v) is 13.0. The van der Waals surface area contributed by atoms with Crippen molar-refractivity contribution in [3.63, 3.8) is 0 Å². The van der Waals surface area contributed by atoms with Gasteiger partial charge in [-0.1, -0.05) is 18.2 Å². The Balaban J connectivity index is 1.49. The van der Waals surface area contributed by atoms with Crippen molar-refractivity contribution in [2.75, 3.05) is 17.7 Å². The van der Waals surface area contributed by atoms with Crippen LogP contribution in [0.5, 0.6) is 0 Å². The van der Waals surface area contributed by atoms with Crippen molar-refractivity contribution in [1.29, 1.82) is 0 Å². The standard InChI is InChI=1S/C23H27N5O3S2/c1-3-28-20(15-10-12-24-13-11-15)26-27-23(28)32-14-18(29)25-21-19(22(30)31-4-2)16-8-6-5-7-9-17(16)33-21/h10-13H,3-9,14H2,1-2H3,(H,25,29). The van der Waals surface area contributed by atoms with Crippen LogP contribution >= 0.6 is 23.1 Å².